The van der Waals surface area contributed by atoms with E-state index in [0.717, 1.165) is 30.9 Å². The van der Waals surface area contributed by atoms with Crippen molar-refractivity contribution in [2.75, 3.05) is 20.3 Å². The van der Waals surface area contributed by atoms with Gasteiger partial charge in [0, 0.05) is 13.2 Å². The average Bonchev–Trinajstić information content (AvgIpc) is 2.29. The van der Waals surface area contributed by atoms with Crippen molar-refractivity contribution in [3.63, 3.8) is 0 Å². The summed E-state index contributed by atoms with van der Waals surface area (Å²) in [5, 5.41) is 3.36. The minimum absolute atomic E-state index is 0.542. The van der Waals surface area contributed by atoms with E-state index in [2.05, 4.69) is 19.2 Å². The maximum Gasteiger partial charge on any atom is 0.119 e. The lowest BCUT2D eigenvalue weighted by Crippen LogP contribution is -2.24. The second kappa shape index (κ2) is 8.09. The molecule has 0 unspecified atom stereocenters. The molecule has 0 bridgehead atoms. The molecule has 1 aromatic carbocycles. The standard InChI is InChI=1S/C14H23NO2/c1-12(2)15-8-5-9-17-14-7-4-6-13(10-14)11-16-3/h4,6-7,10,12,15H,5,8-9,11H2,1-3H3. The van der Waals surface area contributed by atoms with E-state index in [0.29, 0.717) is 12.6 Å². The van der Waals surface area contributed by atoms with Crippen LogP contribution in [0.5, 0.6) is 5.75 Å². The van der Waals surface area contributed by atoms with Crippen LogP contribution in [0.25, 0.3) is 0 Å². The number of nitrogens with one attached hydrogen (secondary N) is 1. The number of hydrogen-bond donors (Lipinski definition) is 1. The maximum absolute atomic E-state index is 5.68. The topological polar surface area (TPSA) is 30.5 Å². The van der Waals surface area contributed by atoms with Crippen molar-refractivity contribution in [1.29, 1.82) is 0 Å². The Morgan fingerprint density at radius 3 is 2.82 bits per heavy atom. The molecule has 0 aliphatic carbocycles. The van der Waals surface area contributed by atoms with Crippen LogP contribution in [0.15, 0.2) is 24.3 Å². The number of benzene rings is 1. The first-order valence-corrected chi connectivity index (χ1v) is 6.16. The summed E-state index contributed by atoms with van der Waals surface area (Å²) in [7, 11) is 1.70. The molecule has 0 saturated carbocycles. The zero-order valence-electron chi connectivity index (χ0n) is 11.0. The van der Waals surface area contributed by atoms with Crippen LogP contribution in [0, 0.1) is 0 Å². The fourth-order valence-electron chi connectivity index (χ4n) is 1.54. The smallest absolute Gasteiger partial charge is 0.119 e. The van der Waals surface area contributed by atoms with E-state index in [4.69, 9.17) is 9.47 Å². The zero-order chi connectivity index (χ0) is 12.5. The van der Waals surface area contributed by atoms with Crippen molar-refractivity contribution >= 4 is 0 Å². The van der Waals surface area contributed by atoms with Crippen LogP contribution in [0.2, 0.25) is 0 Å². The van der Waals surface area contributed by atoms with Gasteiger partial charge < -0.3 is 14.8 Å². The van der Waals surface area contributed by atoms with E-state index in [-0.39, 0.29) is 0 Å². The molecule has 0 saturated heterocycles. The number of rotatable bonds is 8. The molecular weight excluding hydrogens is 214 g/mol. The van der Waals surface area contributed by atoms with Crippen molar-refractivity contribution in [2.24, 2.45) is 0 Å². The Labute approximate surface area is 104 Å². The van der Waals surface area contributed by atoms with E-state index in [1.807, 2.05) is 24.3 Å². The van der Waals surface area contributed by atoms with Gasteiger partial charge in [0.15, 0.2) is 0 Å². The van der Waals surface area contributed by atoms with Crippen LogP contribution in [0.1, 0.15) is 25.8 Å². The molecule has 1 rings (SSSR count). The van der Waals surface area contributed by atoms with Crippen LogP contribution in [-0.4, -0.2) is 26.3 Å². The Kier molecular flexibility index (Phi) is 6.67. The third kappa shape index (κ3) is 6.29. The molecule has 3 heteroatoms. The molecule has 1 aromatic rings. The predicted molar refractivity (Wildman–Crippen MR) is 70.4 cm³/mol. The molecule has 3 nitrogen and oxygen atoms in total. The van der Waals surface area contributed by atoms with E-state index >= 15 is 0 Å². The second-order valence-corrected chi connectivity index (χ2v) is 4.39. The highest BCUT2D eigenvalue weighted by atomic mass is 16.5. The van der Waals surface area contributed by atoms with Gasteiger partial charge in [0.1, 0.15) is 5.75 Å². The summed E-state index contributed by atoms with van der Waals surface area (Å²) in [5.74, 6) is 0.920. The second-order valence-electron chi connectivity index (χ2n) is 4.39. The van der Waals surface area contributed by atoms with Crippen LogP contribution in [0.4, 0.5) is 0 Å². The first-order valence-electron chi connectivity index (χ1n) is 6.16. The van der Waals surface area contributed by atoms with Crippen LogP contribution < -0.4 is 10.1 Å². The van der Waals surface area contributed by atoms with E-state index < -0.39 is 0 Å². The lowest BCUT2D eigenvalue weighted by atomic mass is 10.2. The third-order valence-corrected chi connectivity index (χ3v) is 2.35. The summed E-state index contributed by atoms with van der Waals surface area (Å²) < 4.78 is 10.8. The molecule has 0 amide bonds. The Bertz CT molecular complexity index is 313. The first-order chi connectivity index (χ1) is 8.22. The van der Waals surface area contributed by atoms with Gasteiger partial charge in [-0.1, -0.05) is 26.0 Å². The minimum Gasteiger partial charge on any atom is -0.494 e. The molecule has 0 aliphatic heterocycles. The SMILES string of the molecule is COCc1cccc(OCCCNC(C)C)c1. The number of ether oxygens (including phenoxy) is 2. The summed E-state index contributed by atoms with van der Waals surface area (Å²) in [4.78, 5) is 0. The molecule has 0 radical (unpaired) electrons. The highest BCUT2D eigenvalue weighted by Crippen LogP contribution is 2.13. The Morgan fingerprint density at radius 2 is 2.12 bits per heavy atom. The van der Waals surface area contributed by atoms with Gasteiger partial charge in [-0.25, -0.2) is 0 Å². The zero-order valence-corrected chi connectivity index (χ0v) is 11.0. The molecule has 1 N–H and O–H groups in total. The Morgan fingerprint density at radius 1 is 1.29 bits per heavy atom. The van der Waals surface area contributed by atoms with Gasteiger partial charge in [-0.2, -0.15) is 0 Å². The van der Waals surface area contributed by atoms with Gasteiger partial charge in [0.2, 0.25) is 0 Å². The molecule has 0 aromatic heterocycles. The molecule has 0 atom stereocenters. The maximum atomic E-state index is 5.68. The molecule has 96 valence electrons. The summed E-state index contributed by atoms with van der Waals surface area (Å²) >= 11 is 0. The van der Waals surface area contributed by atoms with Crippen molar-refractivity contribution < 1.29 is 9.47 Å². The molecule has 0 spiro atoms. The summed E-state index contributed by atoms with van der Waals surface area (Å²) in [6.07, 6.45) is 1.02. The average molecular weight is 237 g/mol. The number of hydrogen-bond acceptors (Lipinski definition) is 3. The number of methoxy groups -OCH3 is 1. The van der Waals surface area contributed by atoms with Crippen LogP contribution in [0.3, 0.4) is 0 Å². The monoisotopic (exact) mass is 237 g/mol. The largest absolute Gasteiger partial charge is 0.494 e. The van der Waals surface area contributed by atoms with Gasteiger partial charge in [-0.15, -0.1) is 0 Å². The molecular formula is C14H23NO2. The highest BCUT2D eigenvalue weighted by molar-refractivity contribution is 5.28. The van der Waals surface area contributed by atoms with E-state index in [1.165, 1.54) is 0 Å². The summed E-state index contributed by atoms with van der Waals surface area (Å²) in [5.41, 5.74) is 1.14. The lowest BCUT2D eigenvalue weighted by Gasteiger charge is -2.10. The fourth-order valence-corrected chi connectivity index (χ4v) is 1.54. The van der Waals surface area contributed by atoms with Crippen LogP contribution in [-0.2, 0) is 11.3 Å². The first kappa shape index (κ1) is 14.0. The van der Waals surface area contributed by atoms with Crippen LogP contribution >= 0.6 is 0 Å². The van der Waals surface area contributed by atoms with Crippen molar-refractivity contribution in [3.8, 4) is 5.75 Å². The summed E-state index contributed by atoms with van der Waals surface area (Å²) in [6.45, 7) is 6.67. The third-order valence-electron chi connectivity index (χ3n) is 2.35. The van der Waals surface area contributed by atoms with E-state index in [1.54, 1.807) is 7.11 Å². The van der Waals surface area contributed by atoms with Gasteiger partial charge in [-0.05, 0) is 30.7 Å². The van der Waals surface area contributed by atoms with Crippen molar-refractivity contribution in [2.45, 2.75) is 32.9 Å². The van der Waals surface area contributed by atoms with E-state index in [9.17, 15) is 0 Å². The highest BCUT2D eigenvalue weighted by Gasteiger charge is 1.97. The van der Waals surface area contributed by atoms with Gasteiger partial charge in [-0.3, -0.25) is 0 Å². The molecule has 0 heterocycles. The minimum atomic E-state index is 0.542. The Balaban J connectivity index is 2.24. The normalized spacial score (nSPS) is 10.8. The van der Waals surface area contributed by atoms with Crippen molar-refractivity contribution in [3.05, 3.63) is 29.8 Å². The molecule has 0 fully saturated rings. The molecule has 17 heavy (non-hydrogen) atoms. The van der Waals surface area contributed by atoms with Gasteiger partial charge in [0.05, 0.1) is 13.2 Å². The van der Waals surface area contributed by atoms with Crippen molar-refractivity contribution in [1.82, 2.24) is 5.32 Å². The van der Waals surface area contributed by atoms with Gasteiger partial charge >= 0.3 is 0 Å². The fraction of sp³-hybridized carbons (Fsp3) is 0.571. The summed E-state index contributed by atoms with van der Waals surface area (Å²) in [6, 6.07) is 8.58. The molecule has 0 aliphatic rings. The van der Waals surface area contributed by atoms with Gasteiger partial charge in [0.25, 0.3) is 0 Å². The quantitative estimate of drug-likeness (QED) is 0.705. The predicted octanol–water partition coefficient (Wildman–Crippen LogP) is 2.60. The Hall–Kier alpha value is -1.06. The lowest BCUT2D eigenvalue weighted by molar-refractivity contribution is 0.184.